The van der Waals surface area contributed by atoms with Crippen molar-refractivity contribution in [3.63, 3.8) is 0 Å². The second kappa shape index (κ2) is 7.28. The van der Waals surface area contributed by atoms with Crippen molar-refractivity contribution in [1.29, 1.82) is 5.26 Å². The van der Waals surface area contributed by atoms with E-state index >= 15 is 0 Å². The second-order valence-electron chi connectivity index (χ2n) is 7.99. The minimum Gasteiger partial charge on any atom is -0.366 e. The summed E-state index contributed by atoms with van der Waals surface area (Å²) < 4.78 is 0. The average Bonchev–Trinajstić information content (AvgIpc) is 2.51. The average molecular weight is 340 g/mol. The first kappa shape index (κ1) is 19.0. The van der Waals surface area contributed by atoms with Crippen molar-refractivity contribution in [2.45, 2.75) is 64.2 Å². The zero-order valence-corrected chi connectivity index (χ0v) is 15.5. The van der Waals surface area contributed by atoms with E-state index in [1.807, 2.05) is 36.4 Å². The molecule has 1 aliphatic rings. The summed E-state index contributed by atoms with van der Waals surface area (Å²) in [5.74, 6) is -0.354. The fraction of sp³-hybridized carbons (Fsp3) is 0.500. The summed E-state index contributed by atoms with van der Waals surface area (Å²) in [7, 11) is 0. The van der Waals surface area contributed by atoms with Crippen molar-refractivity contribution in [2.75, 3.05) is 0 Å². The molecule has 5 nitrogen and oxygen atoms in total. The van der Waals surface area contributed by atoms with Crippen molar-refractivity contribution >= 4 is 5.91 Å². The Morgan fingerprint density at radius 1 is 1.28 bits per heavy atom. The van der Waals surface area contributed by atoms with E-state index in [2.05, 4.69) is 37.9 Å². The zero-order chi connectivity index (χ0) is 18.7. The summed E-state index contributed by atoms with van der Waals surface area (Å²) in [6.45, 7) is 8.79. The highest BCUT2D eigenvalue weighted by atomic mass is 16.1. The summed E-state index contributed by atoms with van der Waals surface area (Å²) in [6.07, 6.45) is 3.33. The van der Waals surface area contributed by atoms with Crippen LogP contribution in [0.3, 0.4) is 0 Å². The van der Waals surface area contributed by atoms with Gasteiger partial charge in [-0.2, -0.15) is 5.26 Å². The summed E-state index contributed by atoms with van der Waals surface area (Å²) in [5, 5.41) is 12.3. The van der Waals surface area contributed by atoms with Gasteiger partial charge in [0.1, 0.15) is 11.6 Å². The highest BCUT2D eigenvalue weighted by Gasteiger charge is 2.43. The first-order valence-corrected chi connectivity index (χ1v) is 8.65. The van der Waals surface area contributed by atoms with Crippen molar-refractivity contribution < 1.29 is 4.79 Å². The lowest BCUT2D eigenvalue weighted by Crippen LogP contribution is -2.61. The Hall–Kier alpha value is -2.32. The number of hydrogen-bond acceptors (Lipinski definition) is 4. The van der Waals surface area contributed by atoms with Crippen LogP contribution in [0.4, 0.5) is 0 Å². The van der Waals surface area contributed by atoms with Gasteiger partial charge in [-0.3, -0.25) is 4.79 Å². The molecular weight excluding hydrogens is 312 g/mol. The summed E-state index contributed by atoms with van der Waals surface area (Å²) >= 11 is 0. The Balaban J connectivity index is 2.17. The van der Waals surface area contributed by atoms with Crippen LogP contribution < -0.4 is 11.1 Å². The number of amides is 1. The van der Waals surface area contributed by atoms with Crippen LogP contribution in [0, 0.1) is 11.3 Å². The molecule has 0 radical (unpaired) electrons. The molecule has 5 heteroatoms. The third-order valence-electron chi connectivity index (χ3n) is 4.75. The Bertz CT molecular complexity index is 667. The smallest absolute Gasteiger partial charge is 0.263 e. The van der Waals surface area contributed by atoms with Crippen LogP contribution >= 0.6 is 0 Å². The van der Waals surface area contributed by atoms with E-state index in [-0.39, 0.29) is 28.6 Å². The largest absolute Gasteiger partial charge is 0.366 e. The molecule has 1 aliphatic heterocycles. The number of nitriles is 1. The Morgan fingerprint density at radius 2 is 1.84 bits per heavy atom. The van der Waals surface area contributed by atoms with Gasteiger partial charge in [-0.25, -0.2) is 0 Å². The van der Waals surface area contributed by atoms with Gasteiger partial charge in [0.05, 0.1) is 0 Å². The van der Waals surface area contributed by atoms with Gasteiger partial charge < -0.3 is 16.0 Å². The summed E-state index contributed by atoms with van der Waals surface area (Å²) in [4.78, 5) is 14.6. The van der Waals surface area contributed by atoms with Crippen LogP contribution in [0.25, 0.3) is 0 Å². The zero-order valence-electron chi connectivity index (χ0n) is 15.5. The van der Waals surface area contributed by atoms with Gasteiger partial charge >= 0.3 is 0 Å². The molecule has 1 aromatic rings. The molecule has 0 unspecified atom stereocenters. The predicted molar refractivity (Wildman–Crippen MR) is 99.2 cm³/mol. The minimum absolute atomic E-state index is 0.118. The minimum atomic E-state index is -0.354. The Morgan fingerprint density at radius 3 is 2.36 bits per heavy atom. The van der Waals surface area contributed by atoms with Crippen LogP contribution in [0.5, 0.6) is 0 Å². The fourth-order valence-electron chi connectivity index (χ4n) is 3.86. The van der Waals surface area contributed by atoms with Crippen molar-refractivity contribution in [1.82, 2.24) is 10.2 Å². The Labute approximate surface area is 150 Å². The van der Waals surface area contributed by atoms with E-state index in [9.17, 15) is 10.1 Å². The van der Waals surface area contributed by atoms with Crippen LogP contribution in [-0.4, -0.2) is 27.9 Å². The standard InChI is InChI=1S/C20H28N4O/c1-19(2)10-17(22)11-20(3,4)24(19)14-16(12-21)18(25)23-13-15-8-6-5-7-9-15/h5-9,14,17H,10-11,13,22H2,1-4H3,(H,23,25)/b16-14-. The molecule has 1 aromatic carbocycles. The van der Waals surface area contributed by atoms with Crippen molar-refractivity contribution in [3.8, 4) is 6.07 Å². The fourth-order valence-corrected chi connectivity index (χ4v) is 3.86. The molecule has 25 heavy (non-hydrogen) atoms. The van der Waals surface area contributed by atoms with Crippen LogP contribution in [0.2, 0.25) is 0 Å². The summed E-state index contributed by atoms with van der Waals surface area (Å²) in [5.41, 5.74) is 6.87. The number of piperidine rings is 1. The highest BCUT2D eigenvalue weighted by Crippen LogP contribution is 2.38. The molecule has 0 saturated carbocycles. The van der Waals surface area contributed by atoms with E-state index in [0.29, 0.717) is 6.54 Å². The number of nitrogens with two attached hydrogens (primary N) is 1. The lowest BCUT2D eigenvalue weighted by molar-refractivity contribution is -0.117. The highest BCUT2D eigenvalue weighted by molar-refractivity contribution is 5.97. The van der Waals surface area contributed by atoms with E-state index < -0.39 is 0 Å². The molecule has 1 amide bonds. The first-order valence-electron chi connectivity index (χ1n) is 8.65. The van der Waals surface area contributed by atoms with E-state index in [1.54, 1.807) is 6.20 Å². The number of nitrogens with zero attached hydrogens (tertiary/aromatic N) is 2. The van der Waals surface area contributed by atoms with Gasteiger partial charge in [0.25, 0.3) is 5.91 Å². The molecule has 2 rings (SSSR count). The third-order valence-corrected chi connectivity index (χ3v) is 4.75. The normalized spacial score (nSPS) is 20.0. The number of benzene rings is 1. The monoisotopic (exact) mass is 340 g/mol. The van der Waals surface area contributed by atoms with Crippen molar-refractivity contribution in [2.24, 2.45) is 5.73 Å². The van der Waals surface area contributed by atoms with E-state index in [1.165, 1.54) is 0 Å². The van der Waals surface area contributed by atoms with Gasteiger partial charge in [-0.1, -0.05) is 30.3 Å². The summed E-state index contributed by atoms with van der Waals surface area (Å²) in [6, 6.07) is 11.8. The molecule has 1 fully saturated rings. The van der Waals surface area contributed by atoms with E-state index in [0.717, 1.165) is 18.4 Å². The predicted octanol–water partition coefficient (Wildman–Crippen LogP) is 2.69. The molecule has 0 atom stereocenters. The maximum atomic E-state index is 12.5. The maximum absolute atomic E-state index is 12.5. The molecule has 134 valence electrons. The topological polar surface area (TPSA) is 82.2 Å². The molecule has 0 aliphatic carbocycles. The molecule has 0 bridgehead atoms. The lowest BCUT2D eigenvalue weighted by Gasteiger charge is -2.54. The number of carbonyl (C=O) groups excluding carboxylic acids is 1. The Kier molecular flexibility index (Phi) is 5.54. The third kappa shape index (κ3) is 4.61. The van der Waals surface area contributed by atoms with Crippen LogP contribution in [-0.2, 0) is 11.3 Å². The van der Waals surface area contributed by atoms with Gasteiger partial charge in [0, 0.05) is 29.9 Å². The van der Waals surface area contributed by atoms with Gasteiger partial charge in [-0.15, -0.1) is 0 Å². The molecule has 1 saturated heterocycles. The van der Waals surface area contributed by atoms with Crippen LogP contribution in [0.15, 0.2) is 42.1 Å². The van der Waals surface area contributed by atoms with Crippen LogP contribution in [0.1, 0.15) is 46.1 Å². The quantitative estimate of drug-likeness (QED) is 0.652. The number of nitrogens with one attached hydrogen (secondary N) is 1. The number of likely N-dealkylation sites (tertiary alicyclic amines) is 1. The molecule has 1 heterocycles. The number of carbonyl (C=O) groups is 1. The lowest BCUT2D eigenvalue weighted by atomic mass is 9.77. The first-order chi connectivity index (χ1) is 11.7. The number of rotatable bonds is 4. The molecule has 0 aromatic heterocycles. The van der Waals surface area contributed by atoms with Gasteiger partial charge in [-0.05, 0) is 46.1 Å². The van der Waals surface area contributed by atoms with Crippen molar-refractivity contribution in [3.05, 3.63) is 47.7 Å². The van der Waals surface area contributed by atoms with Gasteiger partial charge in [0.2, 0.25) is 0 Å². The van der Waals surface area contributed by atoms with E-state index in [4.69, 9.17) is 5.73 Å². The molecule has 0 spiro atoms. The molecular formula is C20H28N4O. The second-order valence-corrected chi connectivity index (χ2v) is 7.99. The SMILES string of the molecule is CC1(C)CC(N)CC(C)(C)N1/C=C(/C#N)C(=O)NCc1ccccc1. The maximum Gasteiger partial charge on any atom is 0.263 e. The van der Waals surface area contributed by atoms with Gasteiger partial charge in [0.15, 0.2) is 0 Å². The molecule has 3 N–H and O–H groups in total. The number of hydrogen-bond donors (Lipinski definition) is 2.